The molecule has 100 valence electrons. The highest BCUT2D eigenvalue weighted by atomic mass is 35.5. The molecule has 5 nitrogen and oxygen atoms in total. The van der Waals surface area contributed by atoms with Crippen molar-refractivity contribution in [3.8, 4) is 5.75 Å². The van der Waals surface area contributed by atoms with Crippen molar-refractivity contribution in [3.63, 3.8) is 0 Å². The molecule has 2 amide bonds. The predicted octanol–water partition coefficient (Wildman–Crippen LogP) is 2.89. The number of hydrogen-bond donors (Lipinski definition) is 1. The number of pyridine rings is 1. The first kappa shape index (κ1) is 12.9. The van der Waals surface area contributed by atoms with E-state index in [-0.39, 0.29) is 32.6 Å². The lowest BCUT2D eigenvalue weighted by atomic mass is 10.2. The van der Waals surface area contributed by atoms with Gasteiger partial charge in [-0.2, -0.15) is 0 Å². The second-order valence-corrected chi connectivity index (χ2v) is 4.94. The van der Waals surface area contributed by atoms with Crippen LogP contribution >= 0.6 is 23.2 Å². The highest BCUT2D eigenvalue weighted by Crippen LogP contribution is 2.38. The van der Waals surface area contributed by atoms with Gasteiger partial charge in [0.1, 0.15) is 0 Å². The van der Waals surface area contributed by atoms with Crippen molar-refractivity contribution < 1.29 is 14.7 Å². The van der Waals surface area contributed by atoms with Crippen molar-refractivity contribution >= 4 is 40.7 Å². The molecule has 0 bridgehead atoms. The standard InChI is InChI=1S/C13H6Cl2N2O3/c14-9-3-6(4-10(15)11(9)18)17-12(19)7-1-2-16-5-8(7)13(17)20/h1-5,18H. The molecule has 2 aromatic rings. The second-order valence-electron chi connectivity index (χ2n) is 4.12. The predicted molar refractivity (Wildman–Crippen MR) is 73.5 cm³/mol. The van der Waals surface area contributed by atoms with Crippen LogP contribution in [0, 0.1) is 0 Å². The number of phenols is 1. The number of anilines is 1. The zero-order valence-electron chi connectivity index (χ0n) is 9.80. The molecule has 0 spiro atoms. The smallest absolute Gasteiger partial charge is 0.267 e. The number of nitrogens with zero attached hydrogens (tertiary/aromatic N) is 2. The topological polar surface area (TPSA) is 70.5 Å². The van der Waals surface area contributed by atoms with Crippen molar-refractivity contribution in [2.75, 3.05) is 4.90 Å². The molecule has 7 heteroatoms. The van der Waals surface area contributed by atoms with Gasteiger partial charge >= 0.3 is 0 Å². The molecule has 20 heavy (non-hydrogen) atoms. The Labute approximate surface area is 123 Å². The highest BCUT2D eigenvalue weighted by Gasteiger charge is 2.37. The normalized spacial score (nSPS) is 13.8. The zero-order chi connectivity index (χ0) is 14.4. The van der Waals surface area contributed by atoms with Gasteiger partial charge in [0.2, 0.25) is 0 Å². The number of imide groups is 1. The molecule has 0 fully saturated rings. The summed E-state index contributed by atoms with van der Waals surface area (Å²) in [7, 11) is 0. The average Bonchev–Trinajstić information content (AvgIpc) is 2.68. The quantitative estimate of drug-likeness (QED) is 0.822. The van der Waals surface area contributed by atoms with E-state index in [0.717, 1.165) is 4.90 Å². The van der Waals surface area contributed by atoms with Crippen LogP contribution in [0.1, 0.15) is 20.7 Å². The summed E-state index contributed by atoms with van der Waals surface area (Å²) in [6.07, 6.45) is 2.77. The molecule has 1 aromatic heterocycles. The van der Waals surface area contributed by atoms with Crippen LogP contribution in [0.25, 0.3) is 0 Å². The van der Waals surface area contributed by atoms with E-state index in [0.29, 0.717) is 0 Å². The summed E-state index contributed by atoms with van der Waals surface area (Å²) in [5, 5.41) is 9.44. The Hall–Kier alpha value is -2.11. The number of fused-ring (bicyclic) bond motifs is 1. The Kier molecular flexibility index (Phi) is 2.88. The number of carbonyl (C=O) groups is 2. The van der Waals surface area contributed by atoms with E-state index in [2.05, 4.69) is 4.98 Å². The van der Waals surface area contributed by atoms with Gasteiger partial charge in [0.25, 0.3) is 11.8 Å². The summed E-state index contributed by atoms with van der Waals surface area (Å²) < 4.78 is 0. The van der Waals surface area contributed by atoms with Gasteiger partial charge in [0.15, 0.2) is 5.75 Å². The van der Waals surface area contributed by atoms with E-state index < -0.39 is 11.8 Å². The lowest BCUT2D eigenvalue weighted by molar-refractivity contribution is 0.0926. The first-order valence-electron chi connectivity index (χ1n) is 5.51. The Bertz CT molecular complexity index is 703. The third kappa shape index (κ3) is 1.75. The first-order chi connectivity index (χ1) is 9.50. The molecule has 0 saturated carbocycles. The van der Waals surface area contributed by atoms with E-state index in [1.807, 2.05) is 0 Å². The number of aromatic hydroxyl groups is 1. The van der Waals surface area contributed by atoms with E-state index in [9.17, 15) is 14.7 Å². The minimum absolute atomic E-state index is 0.0396. The molecule has 0 radical (unpaired) electrons. The largest absolute Gasteiger partial charge is 0.505 e. The van der Waals surface area contributed by atoms with Gasteiger partial charge in [-0.15, -0.1) is 0 Å². The van der Waals surface area contributed by atoms with Crippen molar-refractivity contribution in [2.24, 2.45) is 0 Å². The summed E-state index contributed by atoms with van der Waals surface area (Å²) in [4.78, 5) is 29.2. The Balaban J connectivity index is 2.14. The number of carbonyl (C=O) groups excluding carboxylic acids is 2. The van der Waals surface area contributed by atoms with Crippen molar-refractivity contribution in [3.05, 3.63) is 51.8 Å². The fourth-order valence-corrected chi connectivity index (χ4v) is 2.48. The molecule has 0 unspecified atom stereocenters. The third-order valence-corrected chi connectivity index (χ3v) is 3.52. The molecule has 0 saturated heterocycles. The minimum atomic E-state index is -0.504. The molecule has 2 heterocycles. The van der Waals surface area contributed by atoms with E-state index in [1.54, 1.807) is 0 Å². The number of halogens is 2. The summed E-state index contributed by atoms with van der Waals surface area (Å²) >= 11 is 11.6. The monoisotopic (exact) mass is 308 g/mol. The van der Waals surface area contributed by atoms with E-state index in [4.69, 9.17) is 23.2 Å². The summed E-state index contributed by atoms with van der Waals surface area (Å²) in [5.74, 6) is -1.28. The van der Waals surface area contributed by atoms with Crippen molar-refractivity contribution in [1.29, 1.82) is 0 Å². The lowest BCUT2D eigenvalue weighted by Crippen LogP contribution is -2.29. The maximum absolute atomic E-state index is 12.2. The third-order valence-electron chi connectivity index (χ3n) is 2.95. The lowest BCUT2D eigenvalue weighted by Gasteiger charge is -2.15. The van der Waals surface area contributed by atoms with Crippen LogP contribution in [0.3, 0.4) is 0 Å². The SMILES string of the molecule is O=C1c2ccncc2C(=O)N1c1cc(Cl)c(O)c(Cl)c1. The van der Waals surface area contributed by atoms with Crippen LogP contribution < -0.4 is 4.90 Å². The zero-order valence-corrected chi connectivity index (χ0v) is 11.3. The maximum Gasteiger partial charge on any atom is 0.267 e. The molecular formula is C13H6Cl2N2O3. The minimum Gasteiger partial charge on any atom is -0.505 e. The fraction of sp³-hybridized carbons (Fsp3) is 0. The molecular weight excluding hydrogens is 303 g/mol. The molecule has 0 aliphatic carbocycles. The molecule has 1 aromatic carbocycles. The summed E-state index contributed by atoms with van der Waals surface area (Å²) in [5.41, 5.74) is 0.687. The van der Waals surface area contributed by atoms with Gasteiger partial charge in [-0.05, 0) is 18.2 Å². The van der Waals surface area contributed by atoms with Gasteiger partial charge in [-0.3, -0.25) is 14.6 Å². The molecule has 0 atom stereocenters. The number of rotatable bonds is 1. The van der Waals surface area contributed by atoms with Crippen LogP contribution in [0.2, 0.25) is 10.0 Å². The second kappa shape index (κ2) is 4.47. The van der Waals surface area contributed by atoms with Crippen molar-refractivity contribution in [2.45, 2.75) is 0 Å². The van der Waals surface area contributed by atoms with Crippen LogP contribution in [-0.4, -0.2) is 21.9 Å². The van der Waals surface area contributed by atoms with Crippen LogP contribution in [0.5, 0.6) is 5.75 Å². The summed E-state index contributed by atoms with van der Waals surface area (Å²) in [6.45, 7) is 0. The Morgan fingerprint density at radius 1 is 1.05 bits per heavy atom. The highest BCUT2D eigenvalue weighted by molar-refractivity contribution is 6.39. The molecule has 3 rings (SSSR count). The van der Waals surface area contributed by atoms with Crippen molar-refractivity contribution in [1.82, 2.24) is 4.98 Å². The Morgan fingerprint density at radius 3 is 2.25 bits per heavy atom. The van der Waals surface area contributed by atoms with E-state index >= 15 is 0 Å². The number of hydrogen-bond acceptors (Lipinski definition) is 4. The number of phenolic OH excluding ortho intramolecular Hbond substituents is 1. The molecule has 1 N–H and O–H groups in total. The van der Waals surface area contributed by atoms with Gasteiger partial charge in [-0.1, -0.05) is 23.2 Å². The Morgan fingerprint density at radius 2 is 1.65 bits per heavy atom. The van der Waals surface area contributed by atoms with Crippen LogP contribution in [-0.2, 0) is 0 Å². The first-order valence-corrected chi connectivity index (χ1v) is 6.27. The molecule has 1 aliphatic rings. The molecule has 1 aliphatic heterocycles. The van der Waals surface area contributed by atoms with E-state index in [1.165, 1.54) is 30.6 Å². The van der Waals surface area contributed by atoms with Gasteiger partial charge in [0.05, 0.1) is 26.9 Å². The number of amides is 2. The average molecular weight is 309 g/mol. The summed E-state index contributed by atoms with van der Waals surface area (Å²) in [6, 6.07) is 4.08. The number of benzene rings is 1. The van der Waals surface area contributed by atoms with Gasteiger partial charge in [-0.25, -0.2) is 4.90 Å². The number of aromatic nitrogens is 1. The van der Waals surface area contributed by atoms with Crippen LogP contribution in [0.15, 0.2) is 30.6 Å². The van der Waals surface area contributed by atoms with Gasteiger partial charge in [0, 0.05) is 12.4 Å². The maximum atomic E-state index is 12.2. The van der Waals surface area contributed by atoms with Crippen LogP contribution in [0.4, 0.5) is 5.69 Å². The fourth-order valence-electron chi connectivity index (χ4n) is 2.00. The van der Waals surface area contributed by atoms with Gasteiger partial charge < -0.3 is 5.11 Å².